The summed E-state index contributed by atoms with van der Waals surface area (Å²) in [5.74, 6) is 1.01. The van der Waals surface area contributed by atoms with Crippen molar-refractivity contribution in [2.24, 2.45) is 0 Å². The van der Waals surface area contributed by atoms with Crippen LogP contribution in [0.2, 0.25) is 0 Å². The molecule has 0 amide bonds. The minimum Gasteiger partial charge on any atom is -0.496 e. The second kappa shape index (κ2) is 10.3. The molecule has 0 saturated heterocycles. The van der Waals surface area contributed by atoms with Gasteiger partial charge in [0.2, 0.25) is 0 Å². The molecule has 1 heterocycles. The molecule has 0 aliphatic rings. The fourth-order valence-corrected chi connectivity index (χ4v) is 3.77. The number of hydrogen-bond donors (Lipinski definition) is 0. The summed E-state index contributed by atoms with van der Waals surface area (Å²) in [6, 6.07) is 14.2. The standard InChI is InChI=1S/C24H22F2N2O2S/c1-15-4-8-18(9-5-15)21(29)10-6-17-7-11-22(30-3)19(13-17)14-31-24-27-16(2)12-20(28-24)23(25)26/h4-13,23H,14H2,1-3H3/b10-6+. The molecule has 0 saturated carbocycles. The summed E-state index contributed by atoms with van der Waals surface area (Å²) in [7, 11) is 1.57. The maximum absolute atomic E-state index is 13.0. The van der Waals surface area contributed by atoms with Crippen molar-refractivity contribution in [3.63, 3.8) is 0 Å². The summed E-state index contributed by atoms with van der Waals surface area (Å²) < 4.78 is 31.4. The highest BCUT2D eigenvalue weighted by molar-refractivity contribution is 7.98. The van der Waals surface area contributed by atoms with Crippen LogP contribution in [0.3, 0.4) is 0 Å². The van der Waals surface area contributed by atoms with Crippen LogP contribution in [0.15, 0.2) is 59.8 Å². The molecular weight excluding hydrogens is 418 g/mol. The van der Waals surface area contributed by atoms with Gasteiger partial charge in [-0.25, -0.2) is 18.7 Å². The zero-order valence-corrected chi connectivity index (χ0v) is 18.2. The Hall–Kier alpha value is -3.06. The number of halogens is 2. The van der Waals surface area contributed by atoms with Gasteiger partial charge in [-0.1, -0.05) is 53.7 Å². The molecule has 0 fully saturated rings. The van der Waals surface area contributed by atoms with E-state index in [4.69, 9.17) is 4.74 Å². The number of aromatic nitrogens is 2. The first-order valence-electron chi connectivity index (χ1n) is 9.58. The third-order valence-electron chi connectivity index (χ3n) is 4.50. The van der Waals surface area contributed by atoms with Crippen LogP contribution >= 0.6 is 11.8 Å². The topological polar surface area (TPSA) is 52.1 Å². The van der Waals surface area contributed by atoms with E-state index in [1.54, 1.807) is 32.2 Å². The third kappa shape index (κ3) is 6.21. The van der Waals surface area contributed by atoms with Crippen LogP contribution in [-0.2, 0) is 5.75 Å². The Morgan fingerprint density at radius 1 is 1.10 bits per heavy atom. The van der Waals surface area contributed by atoms with E-state index < -0.39 is 6.43 Å². The fraction of sp³-hybridized carbons (Fsp3) is 0.208. The molecule has 3 rings (SSSR count). The minimum atomic E-state index is -2.64. The Balaban J connectivity index is 1.76. The molecule has 2 aromatic carbocycles. The van der Waals surface area contributed by atoms with Gasteiger partial charge in [0.25, 0.3) is 6.43 Å². The van der Waals surface area contributed by atoms with E-state index in [0.29, 0.717) is 22.8 Å². The average Bonchev–Trinajstić information content (AvgIpc) is 2.76. The van der Waals surface area contributed by atoms with Crippen LogP contribution in [0.25, 0.3) is 6.08 Å². The lowest BCUT2D eigenvalue weighted by Gasteiger charge is -2.10. The van der Waals surface area contributed by atoms with E-state index in [9.17, 15) is 13.6 Å². The molecule has 0 spiro atoms. The van der Waals surface area contributed by atoms with Crippen molar-refractivity contribution >= 4 is 23.6 Å². The Morgan fingerprint density at radius 2 is 1.84 bits per heavy atom. The highest BCUT2D eigenvalue weighted by Gasteiger charge is 2.13. The number of alkyl halides is 2. The number of carbonyl (C=O) groups excluding carboxylic acids is 1. The second-order valence-electron chi connectivity index (χ2n) is 6.94. The van der Waals surface area contributed by atoms with Crippen LogP contribution in [0.1, 0.15) is 44.9 Å². The van der Waals surface area contributed by atoms with E-state index in [1.165, 1.54) is 23.9 Å². The molecule has 3 aromatic rings. The van der Waals surface area contributed by atoms with Gasteiger partial charge in [0.05, 0.1) is 7.11 Å². The number of ketones is 1. The SMILES string of the molecule is COc1ccc(/C=C/C(=O)c2ccc(C)cc2)cc1CSc1nc(C)cc(C(F)F)n1. The van der Waals surface area contributed by atoms with Crippen LogP contribution in [0.5, 0.6) is 5.75 Å². The molecule has 0 aliphatic heterocycles. The number of hydrogen-bond acceptors (Lipinski definition) is 5. The number of carbonyl (C=O) groups is 1. The molecule has 0 aliphatic carbocycles. The lowest BCUT2D eigenvalue weighted by Crippen LogP contribution is -1.98. The maximum atomic E-state index is 13.0. The lowest BCUT2D eigenvalue weighted by atomic mass is 10.1. The number of nitrogens with zero attached hydrogens (tertiary/aromatic N) is 2. The first-order chi connectivity index (χ1) is 14.9. The van der Waals surface area contributed by atoms with Gasteiger partial charge in [-0.3, -0.25) is 4.79 Å². The van der Waals surface area contributed by atoms with Gasteiger partial charge >= 0.3 is 0 Å². The summed E-state index contributed by atoms with van der Waals surface area (Å²) in [5.41, 5.74) is 3.60. The van der Waals surface area contributed by atoms with Crippen molar-refractivity contribution in [3.05, 3.63) is 88.2 Å². The zero-order valence-electron chi connectivity index (χ0n) is 17.4. The molecule has 0 bridgehead atoms. The van der Waals surface area contributed by atoms with Crippen molar-refractivity contribution in [1.29, 1.82) is 0 Å². The molecule has 7 heteroatoms. The normalized spacial score (nSPS) is 11.3. The smallest absolute Gasteiger partial charge is 0.280 e. The maximum Gasteiger partial charge on any atom is 0.280 e. The van der Waals surface area contributed by atoms with E-state index in [1.807, 2.05) is 37.3 Å². The van der Waals surface area contributed by atoms with Crippen molar-refractivity contribution < 1.29 is 18.3 Å². The summed E-state index contributed by atoms with van der Waals surface area (Å²) >= 11 is 1.25. The van der Waals surface area contributed by atoms with Crippen molar-refractivity contribution in [3.8, 4) is 5.75 Å². The quantitative estimate of drug-likeness (QED) is 0.180. The van der Waals surface area contributed by atoms with Gasteiger partial charge in [0.1, 0.15) is 11.4 Å². The van der Waals surface area contributed by atoms with Crippen LogP contribution < -0.4 is 4.74 Å². The number of methoxy groups -OCH3 is 1. The lowest BCUT2D eigenvalue weighted by molar-refractivity contribution is 0.104. The van der Waals surface area contributed by atoms with Gasteiger partial charge in [0.15, 0.2) is 10.9 Å². The van der Waals surface area contributed by atoms with Gasteiger partial charge < -0.3 is 4.74 Å². The Bertz CT molecular complexity index is 1100. The van der Waals surface area contributed by atoms with E-state index in [0.717, 1.165) is 16.7 Å². The number of allylic oxidation sites excluding steroid dienone is 1. The molecule has 0 unspecified atom stereocenters. The Labute approximate surface area is 184 Å². The number of ether oxygens (including phenoxy) is 1. The average molecular weight is 441 g/mol. The molecule has 0 atom stereocenters. The fourth-order valence-electron chi connectivity index (χ4n) is 2.88. The molecule has 0 N–H and O–H groups in total. The Morgan fingerprint density at radius 3 is 2.52 bits per heavy atom. The van der Waals surface area contributed by atoms with E-state index >= 15 is 0 Å². The number of benzene rings is 2. The summed E-state index contributed by atoms with van der Waals surface area (Å²) in [6.45, 7) is 3.63. The summed E-state index contributed by atoms with van der Waals surface area (Å²) in [6.07, 6.45) is 0.630. The number of rotatable bonds is 8. The van der Waals surface area contributed by atoms with Crippen LogP contribution in [0.4, 0.5) is 8.78 Å². The van der Waals surface area contributed by atoms with E-state index in [-0.39, 0.29) is 16.6 Å². The van der Waals surface area contributed by atoms with E-state index in [2.05, 4.69) is 9.97 Å². The predicted octanol–water partition coefficient (Wildman–Crippen LogP) is 6.23. The molecule has 160 valence electrons. The van der Waals surface area contributed by atoms with Gasteiger partial charge in [-0.2, -0.15) is 0 Å². The highest BCUT2D eigenvalue weighted by Crippen LogP contribution is 2.29. The number of thioether (sulfide) groups is 1. The van der Waals surface area contributed by atoms with Crippen LogP contribution in [-0.4, -0.2) is 22.9 Å². The Kier molecular flexibility index (Phi) is 7.52. The van der Waals surface area contributed by atoms with Crippen LogP contribution in [0, 0.1) is 13.8 Å². The molecule has 31 heavy (non-hydrogen) atoms. The second-order valence-corrected chi connectivity index (χ2v) is 7.88. The minimum absolute atomic E-state index is 0.0839. The predicted molar refractivity (Wildman–Crippen MR) is 119 cm³/mol. The van der Waals surface area contributed by atoms with Gasteiger partial charge in [-0.15, -0.1) is 0 Å². The zero-order chi connectivity index (χ0) is 22.4. The van der Waals surface area contributed by atoms with Crippen molar-refractivity contribution in [2.45, 2.75) is 31.2 Å². The highest BCUT2D eigenvalue weighted by atomic mass is 32.2. The van der Waals surface area contributed by atoms with Crippen molar-refractivity contribution in [2.75, 3.05) is 7.11 Å². The summed E-state index contributed by atoms with van der Waals surface area (Å²) in [5, 5.41) is 0.285. The molecule has 1 aromatic heterocycles. The third-order valence-corrected chi connectivity index (χ3v) is 5.40. The molecular formula is C24H22F2N2O2S. The monoisotopic (exact) mass is 440 g/mol. The van der Waals surface area contributed by atoms with Crippen molar-refractivity contribution in [1.82, 2.24) is 9.97 Å². The molecule has 0 radical (unpaired) electrons. The number of aryl methyl sites for hydroxylation is 2. The summed E-state index contributed by atoms with van der Waals surface area (Å²) in [4.78, 5) is 20.5. The molecule has 4 nitrogen and oxygen atoms in total. The first kappa shape index (κ1) is 22.6. The first-order valence-corrected chi connectivity index (χ1v) is 10.6. The van der Waals surface area contributed by atoms with Gasteiger partial charge in [0, 0.05) is 22.6 Å². The largest absolute Gasteiger partial charge is 0.496 e. The van der Waals surface area contributed by atoms with Gasteiger partial charge in [-0.05, 0) is 43.7 Å².